The summed E-state index contributed by atoms with van der Waals surface area (Å²) < 4.78 is 23.0. The second-order valence-corrected chi connectivity index (χ2v) is 9.99. The van der Waals surface area contributed by atoms with Gasteiger partial charge in [-0.3, -0.25) is 0 Å². The van der Waals surface area contributed by atoms with Crippen LogP contribution in [0.4, 0.5) is 0 Å². The van der Waals surface area contributed by atoms with Gasteiger partial charge in [-0.15, -0.1) is 0 Å². The molecule has 0 bridgehead atoms. The number of hydrogen-bond donors (Lipinski definition) is 2. The van der Waals surface area contributed by atoms with Crippen molar-refractivity contribution in [2.75, 3.05) is 20.8 Å². The van der Waals surface area contributed by atoms with E-state index < -0.39 is 6.10 Å². The Kier molecular flexibility index (Phi) is 10.7. The number of halogens is 1. The van der Waals surface area contributed by atoms with Crippen LogP contribution in [-0.2, 0) is 19.6 Å². The van der Waals surface area contributed by atoms with E-state index in [4.69, 9.17) is 30.5 Å². The number of rotatable bonds is 14. The van der Waals surface area contributed by atoms with Crippen LogP contribution in [0.2, 0.25) is 5.02 Å². The molecule has 4 aromatic rings. The first-order valence-corrected chi connectivity index (χ1v) is 13.6. The lowest BCUT2D eigenvalue weighted by molar-refractivity contribution is 0.169. The van der Waals surface area contributed by atoms with Crippen molar-refractivity contribution in [2.45, 2.75) is 38.7 Å². The minimum absolute atomic E-state index is 0.0915. The largest absolute Gasteiger partial charge is 0.493 e. The maximum absolute atomic E-state index is 11.1. The number of aliphatic hydroxyl groups excluding tert-OH is 1. The van der Waals surface area contributed by atoms with Crippen molar-refractivity contribution in [3.05, 3.63) is 118 Å². The molecule has 0 spiro atoms. The van der Waals surface area contributed by atoms with Gasteiger partial charge in [-0.2, -0.15) is 0 Å². The Hall–Kier alpha value is -3.71. The zero-order chi connectivity index (χ0) is 28.3. The Labute approximate surface area is 241 Å². The molecule has 4 aromatic carbocycles. The molecule has 2 unspecified atom stereocenters. The van der Waals surface area contributed by atoms with Crippen molar-refractivity contribution >= 4 is 11.6 Å². The molecule has 0 aliphatic heterocycles. The van der Waals surface area contributed by atoms with Gasteiger partial charge in [0.2, 0.25) is 0 Å². The lowest BCUT2D eigenvalue weighted by Gasteiger charge is -2.21. The van der Waals surface area contributed by atoms with Crippen molar-refractivity contribution in [1.29, 1.82) is 0 Å². The monoisotopic (exact) mass is 561 g/mol. The number of benzene rings is 4. The van der Waals surface area contributed by atoms with Crippen LogP contribution in [0.15, 0.2) is 91.0 Å². The SMILES string of the molecule is COc1ccc(CC(C)NCC(O)c2cc(OCc3ccccc3)c(OCc3ccccc3)cc2Cl)cc1OC. The fraction of sp³-hybridized carbons (Fsp3) is 0.273. The van der Waals surface area contributed by atoms with E-state index in [9.17, 15) is 5.11 Å². The smallest absolute Gasteiger partial charge is 0.163 e. The molecular formula is C33H36ClNO5. The Bertz CT molecular complexity index is 1350. The number of nitrogens with one attached hydrogen (secondary N) is 1. The van der Waals surface area contributed by atoms with Crippen molar-refractivity contribution in [1.82, 2.24) is 5.32 Å². The molecule has 2 atom stereocenters. The molecule has 0 saturated heterocycles. The summed E-state index contributed by atoms with van der Waals surface area (Å²) in [5.41, 5.74) is 3.73. The van der Waals surface area contributed by atoms with E-state index in [1.807, 2.05) is 78.9 Å². The Balaban J connectivity index is 1.45. The molecule has 0 aromatic heterocycles. The van der Waals surface area contributed by atoms with Gasteiger partial charge < -0.3 is 29.4 Å². The van der Waals surface area contributed by atoms with E-state index in [1.54, 1.807) is 26.4 Å². The van der Waals surface area contributed by atoms with Gasteiger partial charge >= 0.3 is 0 Å². The first-order valence-electron chi connectivity index (χ1n) is 13.3. The summed E-state index contributed by atoms with van der Waals surface area (Å²) in [6.07, 6.45) is -0.0963. The van der Waals surface area contributed by atoms with Crippen LogP contribution in [0.1, 0.15) is 35.3 Å². The topological polar surface area (TPSA) is 69.2 Å². The molecule has 6 nitrogen and oxygen atoms in total. The molecule has 0 saturated carbocycles. The average Bonchev–Trinajstić information content (AvgIpc) is 2.99. The van der Waals surface area contributed by atoms with Crippen molar-refractivity contribution in [2.24, 2.45) is 0 Å². The molecule has 0 aliphatic rings. The van der Waals surface area contributed by atoms with Crippen LogP contribution >= 0.6 is 11.6 Å². The number of ether oxygens (including phenoxy) is 4. The molecule has 7 heteroatoms. The fourth-order valence-corrected chi connectivity index (χ4v) is 4.64. The Morgan fingerprint density at radius 2 is 1.27 bits per heavy atom. The lowest BCUT2D eigenvalue weighted by Crippen LogP contribution is -2.32. The summed E-state index contributed by atoms with van der Waals surface area (Å²) in [7, 11) is 3.24. The first kappa shape index (κ1) is 29.3. The molecule has 0 aliphatic carbocycles. The van der Waals surface area contributed by atoms with Crippen LogP contribution < -0.4 is 24.3 Å². The predicted molar refractivity (Wildman–Crippen MR) is 159 cm³/mol. The molecule has 4 rings (SSSR count). The average molecular weight is 562 g/mol. The molecule has 0 radical (unpaired) electrons. The summed E-state index contributed by atoms with van der Waals surface area (Å²) in [5.74, 6) is 2.43. The van der Waals surface area contributed by atoms with Crippen molar-refractivity contribution < 1.29 is 24.1 Å². The summed E-state index contributed by atoms with van der Waals surface area (Å²) in [6.45, 7) is 3.12. The van der Waals surface area contributed by atoms with Crippen LogP contribution in [0, 0.1) is 0 Å². The van der Waals surface area contributed by atoms with Crippen LogP contribution in [0.5, 0.6) is 23.0 Å². The highest BCUT2D eigenvalue weighted by atomic mass is 35.5. The third kappa shape index (κ3) is 8.15. The van der Waals surface area contributed by atoms with Gasteiger partial charge in [-0.25, -0.2) is 0 Å². The standard InChI is InChI=1S/C33H36ClNO5/c1-23(16-26-14-15-30(37-2)31(17-26)38-3)35-20-29(36)27-18-32(39-21-24-10-6-4-7-11-24)33(19-28(27)34)40-22-25-12-8-5-9-13-25/h4-15,17-19,23,29,35-36H,16,20-22H2,1-3H3. The van der Waals surface area contributed by atoms with E-state index in [0.29, 0.717) is 53.3 Å². The van der Waals surface area contributed by atoms with E-state index in [2.05, 4.69) is 12.2 Å². The van der Waals surface area contributed by atoms with Crippen molar-refractivity contribution in [3.63, 3.8) is 0 Å². The van der Waals surface area contributed by atoms with Gasteiger partial charge in [0.05, 0.1) is 25.3 Å². The van der Waals surface area contributed by atoms with Crippen LogP contribution in [-0.4, -0.2) is 31.9 Å². The third-order valence-corrected chi connectivity index (χ3v) is 6.87. The van der Waals surface area contributed by atoms with Crippen LogP contribution in [0.3, 0.4) is 0 Å². The Morgan fingerprint density at radius 1 is 0.700 bits per heavy atom. The second kappa shape index (κ2) is 14.6. The van der Waals surface area contributed by atoms with Gasteiger partial charge in [0, 0.05) is 24.2 Å². The van der Waals surface area contributed by atoms with Gasteiger partial charge in [0.15, 0.2) is 23.0 Å². The normalized spacial score (nSPS) is 12.4. The van der Waals surface area contributed by atoms with Gasteiger partial charge in [-0.05, 0) is 48.2 Å². The fourth-order valence-electron chi connectivity index (χ4n) is 4.36. The highest BCUT2D eigenvalue weighted by molar-refractivity contribution is 6.31. The highest BCUT2D eigenvalue weighted by Gasteiger charge is 2.19. The molecule has 0 fully saturated rings. The molecule has 40 heavy (non-hydrogen) atoms. The zero-order valence-electron chi connectivity index (χ0n) is 23.1. The number of aliphatic hydroxyl groups is 1. The molecule has 210 valence electrons. The maximum Gasteiger partial charge on any atom is 0.163 e. The highest BCUT2D eigenvalue weighted by Crippen LogP contribution is 2.37. The predicted octanol–water partition coefficient (Wildman–Crippen LogP) is 6.77. The zero-order valence-corrected chi connectivity index (χ0v) is 23.9. The quantitative estimate of drug-likeness (QED) is 0.177. The summed E-state index contributed by atoms with van der Waals surface area (Å²) in [6, 6.07) is 29.3. The number of methoxy groups -OCH3 is 2. The van der Waals surface area contributed by atoms with Crippen LogP contribution in [0.25, 0.3) is 0 Å². The summed E-state index contributed by atoms with van der Waals surface area (Å²) >= 11 is 6.65. The first-order chi connectivity index (χ1) is 19.5. The summed E-state index contributed by atoms with van der Waals surface area (Å²) in [5, 5.41) is 14.9. The Morgan fingerprint density at radius 3 is 1.85 bits per heavy atom. The van der Waals surface area contributed by atoms with E-state index in [1.165, 1.54) is 0 Å². The molecule has 0 heterocycles. The lowest BCUT2D eigenvalue weighted by atomic mass is 10.0. The molecular weight excluding hydrogens is 526 g/mol. The van der Waals surface area contributed by atoms with Gasteiger partial charge in [0.1, 0.15) is 13.2 Å². The summed E-state index contributed by atoms with van der Waals surface area (Å²) in [4.78, 5) is 0. The van der Waals surface area contributed by atoms with E-state index in [-0.39, 0.29) is 6.04 Å². The van der Waals surface area contributed by atoms with Gasteiger partial charge in [-0.1, -0.05) is 78.3 Å². The minimum atomic E-state index is -0.845. The minimum Gasteiger partial charge on any atom is -0.493 e. The van der Waals surface area contributed by atoms with E-state index in [0.717, 1.165) is 23.1 Å². The third-order valence-electron chi connectivity index (χ3n) is 6.55. The van der Waals surface area contributed by atoms with E-state index >= 15 is 0 Å². The number of hydrogen-bond acceptors (Lipinski definition) is 6. The van der Waals surface area contributed by atoms with Gasteiger partial charge in [0.25, 0.3) is 0 Å². The second-order valence-electron chi connectivity index (χ2n) is 9.59. The molecule has 2 N–H and O–H groups in total. The van der Waals surface area contributed by atoms with Crippen molar-refractivity contribution in [3.8, 4) is 23.0 Å². The maximum atomic E-state index is 11.1. The molecule has 0 amide bonds.